The van der Waals surface area contributed by atoms with Gasteiger partial charge in [0.1, 0.15) is 0 Å². The summed E-state index contributed by atoms with van der Waals surface area (Å²) in [7, 11) is 0. The number of rotatable bonds is 6. The van der Waals surface area contributed by atoms with Gasteiger partial charge in [-0.25, -0.2) is 0 Å². The van der Waals surface area contributed by atoms with E-state index in [0.29, 0.717) is 35.6 Å². The van der Waals surface area contributed by atoms with Crippen molar-refractivity contribution in [2.24, 2.45) is 10.2 Å². The summed E-state index contributed by atoms with van der Waals surface area (Å²) in [5.41, 5.74) is 0.780. The summed E-state index contributed by atoms with van der Waals surface area (Å²) in [6, 6.07) is 1.83. The molecular weight excluding hydrogens is 450 g/mol. The zero-order chi connectivity index (χ0) is 16.8. The number of amidine groups is 1. The van der Waals surface area contributed by atoms with Crippen LogP contribution < -0.4 is 14.8 Å². The number of nitrogens with one attached hydrogen (secondary N) is 1. The molecule has 0 bridgehead atoms. The number of thioether (sulfide) groups is 1. The number of ether oxygens (including phenoxy) is 2. The number of nitrogens with zero attached hydrogens (tertiary/aromatic N) is 2. The molecule has 0 saturated carbocycles. The van der Waals surface area contributed by atoms with Crippen molar-refractivity contribution in [3.63, 3.8) is 0 Å². The van der Waals surface area contributed by atoms with Crippen molar-refractivity contribution < 1.29 is 14.3 Å². The third kappa shape index (κ3) is 4.71. The van der Waals surface area contributed by atoms with Gasteiger partial charge in [0.2, 0.25) is 5.91 Å². The Balaban J connectivity index is 2.29. The van der Waals surface area contributed by atoms with Crippen LogP contribution in [0, 0.1) is 0 Å². The summed E-state index contributed by atoms with van der Waals surface area (Å²) in [6.45, 7) is 4.87. The number of carbonyl (C=O) groups is 1. The standard InChI is InChI=1S/C14H15Br2N3O3S/c1-3-21-9-5-8(11(15)12(16)13(9)22-4-2)6-17-19-14-18-10(20)7-23-14/h5-6H,3-4,7H2,1-2H3,(H,18,19,20). The highest BCUT2D eigenvalue weighted by Gasteiger charge is 2.17. The molecule has 1 aromatic rings. The highest BCUT2D eigenvalue weighted by Crippen LogP contribution is 2.42. The van der Waals surface area contributed by atoms with E-state index in [1.165, 1.54) is 11.8 Å². The first-order chi connectivity index (χ1) is 11.1. The lowest BCUT2D eigenvalue weighted by Gasteiger charge is -2.15. The molecule has 0 atom stereocenters. The molecule has 0 aromatic heterocycles. The lowest BCUT2D eigenvalue weighted by molar-refractivity contribution is -0.116. The molecule has 1 aliphatic rings. The number of amides is 1. The first-order valence-corrected chi connectivity index (χ1v) is 9.45. The summed E-state index contributed by atoms with van der Waals surface area (Å²) in [5, 5.41) is 11.1. The zero-order valence-electron chi connectivity index (χ0n) is 12.6. The predicted molar refractivity (Wildman–Crippen MR) is 99.8 cm³/mol. The molecule has 9 heteroatoms. The monoisotopic (exact) mass is 463 g/mol. The Hall–Kier alpha value is -1.06. The minimum Gasteiger partial charge on any atom is -0.490 e. The molecule has 0 unspecified atom stereocenters. The van der Waals surface area contributed by atoms with Crippen LogP contribution in [0.25, 0.3) is 0 Å². The highest BCUT2D eigenvalue weighted by atomic mass is 79.9. The lowest BCUT2D eigenvalue weighted by Crippen LogP contribution is -2.19. The topological polar surface area (TPSA) is 72.3 Å². The second-order valence-corrected chi connectivity index (χ2v) is 6.82. The van der Waals surface area contributed by atoms with Crippen molar-refractivity contribution in [1.82, 2.24) is 5.32 Å². The van der Waals surface area contributed by atoms with Crippen LogP contribution in [-0.4, -0.2) is 36.3 Å². The molecule has 0 spiro atoms. The van der Waals surface area contributed by atoms with E-state index < -0.39 is 0 Å². The molecule has 2 rings (SSSR count). The van der Waals surface area contributed by atoms with Crippen LogP contribution >= 0.6 is 43.6 Å². The van der Waals surface area contributed by atoms with Gasteiger partial charge < -0.3 is 14.8 Å². The van der Waals surface area contributed by atoms with Crippen LogP contribution in [0.2, 0.25) is 0 Å². The fourth-order valence-electron chi connectivity index (χ4n) is 1.76. The first-order valence-electron chi connectivity index (χ1n) is 6.88. The second-order valence-electron chi connectivity index (χ2n) is 4.27. The predicted octanol–water partition coefficient (Wildman–Crippen LogP) is 3.56. The summed E-state index contributed by atoms with van der Waals surface area (Å²) in [6.07, 6.45) is 1.59. The van der Waals surface area contributed by atoms with Crippen molar-refractivity contribution in [2.45, 2.75) is 13.8 Å². The van der Waals surface area contributed by atoms with Crippen LogP contribution in [-0.2, 0) is 4.79 Å². The second kappa shape index (κ2) is 8.70. The van der Waals surface area contributed by atoms with Gasteiger partial charge in [0.25, 0.3) is 0 Å². The van der Waals surface area contributed by atoms with E-state index in [1.807, 2.05) is 19.9 Å². The van der Waals surface area contributed by atoms with E-state index >= 15 is 0 Å². The Morgan fingerprint density at radius 2 is 2.04 bits per heavy atom. The van der Waals surface area contributed by atoms with Crippen LogP contribution in [0.4, 0.5) is 0 Å². The zero-order valence-corrected chi connectivity index (χ0v) is 16.5. The van der Waals surface area contributed by atoms with Crippen LogP contribution in [0.5, 0.6) is 11.5 Å². The summed E-state index contributed by atoms with van der Waals surface area (Å²) in [5.74, 6) is 1.58. The van der Waals surface area contributed by atoms with Gasteiger partial charge in [-0.3, -0.25) is 4.79 Å². The maximum absolute atomic E-state index is 11.1. The van der Waals surface area contributed by atoms with E-state index in [2.05, 4.69) is 47.4 Å². The highest BCUT2D eigenvalue weighted by molar-refractivity contribution is 9.13. The summed E-state index contributed by atoms with van der Waals surface area (Å²) < 4.78 is 12.8. The third-order valence-corrected chi connectivity index (χ3v) is 5.68. The average Bonchev–Trinajstić information content (AvgIpc) is 2.94. The molecule has 23 heavy (non-hydrogen) atoms. The maximum Gasteiger partial charge on any atom is 0.236 e. The molecule has 1 saturated heterocycles. The van der Waals surface area contributed by atoms with E-state index in [4.69, 9.17) is 9.47 Å². The van der Waals surface area contributed by atoms with Crippen LogP contribution in [0.15, 0.2) is 25.2 Å². The Labute approximate surface area is 155 Å². The van der Waals surface area contributed by atoms with Crippen LogP contribution in [0.3, 0.4) is 0 Å². The van der Waals surface area contributed by atoms with Crippen LogP contribution in [0.1, 0.15) is 19.4 Å². The van der Waals surface area contributed by atoms with Gasteiger partial charge in [-0.1, -0.05) is 11.8 Å². The van der Waals surface area contributed by atoms with Crippen molar-refractivity contribution in [1.29, 1.82) is 0 Å². The van der Waals surface area contributed by atoms with Gasteiger partial charge >= 0.3 is 0 Å². The van der Waals surface area contributed by atoms with E-state index in [-0.39, 0.29) is 5.91 Å². The Morgan fingerprint density at radius 1 is 1.30 bits per heavy atom. The SMILES string of the molecule is CCOc1cc(C=NN=C2NC(=O)CS2)c(Br)c(Br)c1OCC. The minimum absolute atomic E-state index is 0.0624. The van der Waals surface area contributed by atoms with E-state index in [1.54, 1.807) is 6.21 Å². The van der Waals surface area contributed by atoms with Gasteiger partial charge in [0.15, 0.2) is 16.7 Å². The Morgan fingerprint density at radius 3 is 2.65 bits per heavy atom. The fraction of sp³-hybridized carbons (Fsp3) is 0.357. The molecule has 1 fully saturated rings. The smallest absolute Gasteiger partial charge is 0.236 e. The molecule has 1 heterocycles. The number of hydrogen-bond donors (Lipinski definition) is 1. The molecule has 1 amide bonds. The molecule has 1 aliphatic heterocycles. The molecule has 1 N–H and O–H groups in total. The number of hydrogen-bond acceptors (Lipinski definition) is 6. The van der Waals surface area contributed by atoms with Crippen molar-refractivity contribution in [3.8, 4) is 11.5 Å². The Kier molecular flexibility index (Phi) is 6.91. The van der Waals surface area contributed by atoms with Crippen molar-refractivity contribution in [2.75, 3.05) is 19.0 Å². The fourth-order valence-corrected chi connectivity index (χ4v) is 3.33. The van der Waals surface area contributed by atoms with Gasteiger partial charge in [0, 0.05) is 10.0 Å². The molecule has 6 nitrogen and oxygen atoms in total. The quantitative estimate of drug-likeness (QED) is 0.516. The number of benzene rings is 1. The Bertz CT molecular complexity index is 665. The maximum atomic E-state index is 11.1. The van der Waals surface area contributed by atoms with E-state index in [0.717, 1.165) is 14.5 Å². The lowest BCUT2D eigenvalue weighted by atomic mass is 10.2. The molecule has 0 radical (unpaired) electrons. The third-order valence-electron chi connectivity index (χ3n) is 2.68. The molecule has 0 aliphatic carbocycles. The van der Waals surface area contributed by atoms with Crippen molar-refractivity contribution in [3.05, 3.63) is 20.6 Å². The summed E-state index contributed by atoms with van der Waals surface area (Å²) in [4.78, 5) is 11.1. The van der Waals surface area contributed by atoms with Gasteiger partial charge in [-0.2, -0.15) is 5.10 Å². The van der Waals surface area contributed by atoms with Gasteiger partial charge in [0.05, 0.1) is 29.7 Å². The summed E-state index contributed by atoms with van der Waals surface area (Å²) >= 11 is 8.34. The average molecular weight is 465 g/mol. The normalized spacial score (nSPS) is 16.2. The van der Waals surface area contributed by atoms with Gasteiger partial charge in [-0.05, 0) is 51.8 Å². The number of carbonyl (C=O) groups excluding carboxylic acids is 1. The molecular formula is C14H15Br2N3O3S. The van der Waals surface area contributed by atoms with Crippen molar-refractivity contribution >= 4 is 60.9 Å². The number of halogens is 2. The molecule has 124 valence electrons. The molecule has 1 aromatic carbocycles. The van der Waals surface area contributed by atoms with E-state index in [9.17, 15) is 4.79 Å². The van der Waals surface area contributed by atoms with Gasteiger partial charge in [-0.15, -0.1) is 5.10 Å². The minimum atomic E-state index is -0.0624. The largest absolute Gasteiger partial charge is 0.490 e. The first kappa shape index (κ1) is 18.3.